The van der Waals surface area contributed by atoms with E-state index in [4.69, 9.17) is 9.72 Å². The van der Waals surface area contributed by atoms with Crippen molar-refractivity contribution < 1.29 is 9.84 Å². The molecule has 1 atom stereocenters. The minimum absolute atomic E-state index is 0.178. The first-order chi connectivity index (χ1) is 9.76. The van der Waals surface area contributed by atoms with E-state index in [1.165, 1.54) is 0 Å². The number of hydrogen-bond donors (Lipinski definition) is 1. The molecule has 3 rings (SSSR count). The molecular formula is C15H18N2O2S. The van der Waals surface area contributed by atoms with Crippen LogP contribution in [0, 0.1) is 0 Å². The van der Waals surface area contributed by atoms with Gasteiger partial charge in [0.25, 0.3) is 0 Å². The van der Waals surface area contributed by atoms with Gasteiger partial charge in [0.15, 0.2) is 0 Å². The van der Waals surface area contributed by atoms with Gasteiger partial charge in [0, 0.05) is 25.0 Å². The molecule has 0 unspecified atom stereocenters. The maximum atomic E-state index is 9.55. The van der Waals surface area contributed by atoms with Gasteiger partial charge in [-0.25, -0.2) is 4.98 Å². The molecule has 1 aromatic carbocycles. The highest BCUT2D eigenvalue weighted by Gasteiger charge is 2.21. The molecule has 1 saturated heterocycles. The van der Waals surface area contributed by atoms with Crippen LogP contribution in [0.2, 0.25) is 0 Å². The number of ether oxygens (including phenoxy) is 1. The number of hydrogen-bond acceptors (Lipinski definition) is 5. The molecule has 0 spiro atoms. The van der Waals surface area contributed by atoms with Crippen LogP contribution >= 0.6 is 11.3 Å². The fraction of sp³-hybridized carbons (Fsp3) is 0.400. The van der Waals surface area contributed by atoms with Crippen LogP contribution in [0.3, 0.4) is 0 Å². The lowest BCUT2D eigenvalue weighted by Gasteiger charge is -2.12. The third-order valence-corrected chi connectivity index (χ3v) is 4.45. The van der Waals surface area contributed by atoms with Crippen molar-refractivity contribution in [3.63, 3.8) is 0 Å². The molecule has 0 amide bonds. The minimum Gasteiger partial charge on any atom is -0.496 e. The van der Waals surface area contributed by atoms with Gasteiger partial charge >= 0.3 is 0 Å². The van der Waals surface area contributed by atoms with Crippen molar-refractivity contribution in [2.45, 2.75) is 19.1 Å². The Kier molecular flexibility index (Phi) is 4.00. The van der Waals surface area contributed by atoms with Gasteiger partial charge < -0.3 is 9.84 Å². The zero-order valence-electron chi connectivity index (χ0n) is 11.5. The van der Waals surface area contributed by atoms with Crippen molar-refractivity contribution in [3.05, 3.63) is 35.3 Å². The Balaban J connectivity index is 1.76. The summed E-state index contributed by atoms with van der Waals surface area (Å²) in [5, 5.41) is 12.6. The Labute approximate surface area is 122 Å². The van der Waals surface area contributed by atoms with E-state index in [9.17, 15) is 5.11 Å². The Hall–Kier alpha value is -1.43. The van der Waals surface area contributed by atoms with Crippen molar-refractivity contribution in [2.75, 3.05) is 20.2 Å². The molecule has 106 valence electrons. The third kappa shape index (κ3) is 2.85. The smallest absolute Gasteiger partial charge is 0.129 e. The van der Waals surface area contributed by atoms with Gasteiger partial charge in [-0.15, -0.1) is 11.3 Å². The third-order valence-electron chi connectivity index (χ3n) is 3.52. The van der Waals surface area contributed by atoms with E-state index in [2.05, 4.69) is 10.3 Å². The summed E-state index contributed by atoms with van der Waals surface area (Å²) < 4.78 is 5.38. The fourth-order valence-corrected chi connectivity index (χ4v) is 3.35. The van der Waals surface area contributed by atoms with Gasteiger partial charge in [-0.2, -0.15) is 0 Å². The van der Waals surface area contributed by atoms with Crippen molar-refractivity contribution in [1.29, 1.82) is 0 Å². The predicted octanol–water partition coefficient (Wildman–Crippen LogP) is 2.39. The van der Waals surface area contributed by atoms with E-state index >= 15 is 0 Å². The van der Waals surface area contributed by atoms with E-state index in [-0.39, 0.29) is 6.10 Å². The number of thiazole rings is 1. The predicted molar refractivity (Wildman–Crippen MR) is 80.0 cm³/mol. The average molecular weight is 290 g/mol. The quantitative estimate of drug-likeness (QED) is 0.939. The van der Waals surface area contributed by atoms with Gasteiger partial charge in [0.2, 0.25) is 0 Å². The summed E-state index contributed by atoms with van der Waals surface area (Å²) in [7, 11) is 1.68. The Morgan fingerprint density at radius 3 is 3.05 bits per heavy atom. The molecule has 1 fully saturated rings. The second-order valence-electron chi connectivity index (χ2n) is 5.02. The Bertz CT molecular complexity index is 585. The van der Waals surface area contributed by atoms with Crippen LogP contribution in [0.5, 0.6) is 5.75 Å². The largest absolute Gasteiger partial charge is 0.496 e. The van der Waals surface area contributed by atoms with Gasteiger partial charge in [-0.3, -0.25) is 4.90 Å². The number of para-hydroxylation sites is 1. The van der Waals surface area contributed by atoms with Crippen LogP contribution in [0.4, 0.5) is 0 Å². The van der Waals surface area contributed by atoms with Gasteiger partial charge in [-0.05, 0) is 18.6 Å². The number of β-amino-alcohol motifs (C(OH)–C–C–N with tert-alkyl or cyclic N) is 1. The molecule has 0 radical (unpaired) electrons. The maximum Gasteiger partial charge on any atom is 0.129 e. The summed E-state index contributed by atoms with van der Waals surface area (Å²) in [4.78, 5) is 6.93. The molecule has 20 heavy (non-hydrogen) atoms. The molecule has 0 saturated carbocycles. The normalized spacial score (nSPS) is 19.4. The van der Waals surface area contributed by atoms with Crippen molar-refractivity contribution in [2.24, 2.45) is 0 Å². The highest BCUT2D eigenvalue weighted by atomic mass is 32.1. The first kappa shape index (κ1) is 13.5. The number of rotatable bonds is 4. The first-order valence-corrected chi connectivity index (χ1v) is 7.62. The summed E-state index contributed by atoms with van der Waals surface area (Å²) in [5.74, 6) is 0.852. The van der Waals surface area contributed by atoms with Gasteiger partial charge in [0.05, 0.1) is 24.5 Å². The van der Waals surface area contributed by atoms with Crippen molar-refractivity contribution >= 4 is 11.3 Å². The Morgan fingerprint density at radius 2 is 2.30 bits per heavy atom. The second kappa shape index (κ2) is 5.91. The lowest BCUT2D eigenvalue weighted by atomic mass is 10.2. The van der Waals surface area contributed by atoms with Gasteiger partial charge in [-0.1, -0.05) is 12.1 Å². The summed E-state index contributed by atoms with van der Waals surface area (Å²) in [6, 6.07) is 7.94. The summed E-state index contributed by atoms with van der Waals surface area (Å²) in [6.07, 6.45) is 0.686. The van der Waals surface area contributed by atoms with Crippen LogP contribution in [0.15, 0.2) is 29.6 Å². The maximum absolute atomic E-state index is 9.55. The van der Waals surface area contributed by atoms with E-state index in [1.807, 2.05) is 24.3 Å². The van der Waals surface area contributed by atoms with E-state index in [1.54, 1.807) is 18.4 Å². The lowest BCUT2D eigenvalue weighted by Crippen LogP contribution is -2.21. The highest BCUT2D eigenvalue weighted by molar-refractivity contribution is 7.13. The molecule has 1 N–H and O–H groups in total. The number of aliphatic hydroxyl groups excluding tert-OH is 1. The fourth-order valence-electron chi connectivity index (χ4n) is 2.51. The number of aliphatic hydroxyl groups is 1. The van der Waals surface area contributed by atoms with E-state index in [0.29, 0.717) is 0 Å². The van der Waals surface area contributed by atoms with Gasteiger partial charge in [0.1, 0.15) is 10.8 Å². The molecule has 4 nitrogen and oxygen atoms in total. The molecule has 0 bridgehead atoms. The monoisotopic (exact) mass is 290 g/mol. The van der Waals surface area contributed by atoms with Crippen LogP contribution < -0.4 is 4.74 Å². The molecule has 1 aliphatic heterocycles. The number of benzene rings is 1. The zero-order valence-corrected chi connectivity index (χ0v) is 12.3. The van der Waals surface area contributed by atoms with E-state index in [0.717, 1.165) is 48.1 Å². The number of aromatic nitrogens is 1. The zero-order chi connectivity index (χ0) is 13.9. The molecule has 5 heteroatoms. The van der Waals surface area contributed by atoms with Crippen LogP contribution in [0.1, 0.15) is 12.1 Å². The molecule has 2 heterocycles. The molecular weight excluding hydrogens is 272 g/mol. The number of likely N-dealkylation sites (tertiary alicyclic amines) is 1. The number of methoxy groups -OCH3 is 1. The summed E-state index contributed by atoms with van der Waals surface area (Å²) in [5.41, 5.74) is 2.10. The standard InChI is InChI=1S/C15H18N2O2S/c1-19-14-5-3-2-4-13(14)15-16-11(10-20-15)8-17-7-6-12(18)9-17/h2-5,10,12,18H,6-9H2,1H3/t12-/m0/s1. The molecule has 1 aromatic heterocycles. The first-order valence-electron chi connectivity index (χ1n) is 6.74. The summed E-state index contributed by atoms with van der Waals surface area (Å²) in [6.45, 7) is 2.51. The number of nitrogens with zero attached hydrogens (tertiary/aromatic N) is 2. The molecule has 1 aliphatic rings. The topological polar surface area (TPSA) is 45.6 Å². The minimum atomic E-state index is -0.178. The molecule has 2 aromatic rings. The average Bonchev–Trinajstić information content (AvgIpc) is 3.08. The van der Waals surface area contributed by atoms with Crippen molar-refractivity contribution in [3.8, 4) is 16.3 Å². The van der Waals surface area contributed by atoms with Crippen LogP contribution in [-0.2, 0) is 6.54 Å². The van der Waals surface area contributed by atoms with Crippen LogP contribution in [0.25, 0.3) is 10.6 Å². The lowest BCUT2D eigenvalue weighted by molar-refractivity contribution is 0.174. The Morgan fingerprint density at radius 1 is 1.45 bits per heavy atom. The van der Waals surface area contributed by atoms with E-state index < -0.39 is 0 Å². The highest BCUT2D eigenvalue weighted by Crippen LogP contribution is 2.32. The van der Waals surface area contributed by atoms with Crippen LogP contribution in [-0.4, -0.2) is 41.3 Å². The summed E-state index contributed by atoms with van der Waals surface area (Å²) >= 11 is 1.64. The SMILES string of the molecule is COc1ccccc1-c1nc(CN2CC[C@H](O)C2)cs1. The second-order valence-corrected chi connectivity index (χ2v) is 5.88. The molecule has 0 aliphatic carbocycles. The van der Waals surface area contributed by atoms with Crippen molar-refractivity contribution in [1.82, 2.24) is 9.88 Å².